The van der Waals surface area contributed by atoms with Gasteiger partial charge in [-0.3, -0.25) is 5.43 Å². The van der Waals surface area contributed by atoms with Crippen molar-refractivity contribution in [1.29, 1.82) is 0 Å². The van der Waals surface area contributed by atoms with E-state index in [0.717, 1.165) is 5.69 Å². The standard InChI is InChI=1S/C13H17N5O/c1-3-11-15-12(17-14-4-2)16-13(19)18(11)10-8-6-5-7-9-10/h5-9,14H,3-4H2,1-2H3,(H,16,17,19). The molecule has 100 valence electrons. The highest BCUT2D eigenvalue weighted by atomic mass is 16.1. The lowest BCUT2D eigenvalue weighted by atomic mass is 10.3. The Kier molecular flexibility index (Phi) is 4.25. The van der Waals surface area contributed by atoms with Crippen molar-refractivity contribution in [1.82, 2.24) is 20.0 Å². The van der Waals surface area contributed by atoms with E-state index < -0.39 is 0 Å². The molecule has 6 nitrogen and oxygen atoms in total. The van der Waals surface area contributed by atoms with Gasteiger partial charge in [-0.2, -0.15) is 9.97 Å². The fourth-order valence-corrected chi connectivity index (χ4v) is 1.75. The predicted octanol–water partition coefficient (Wildman–Crippen LogP) is 1.13. The van der Waals surface area contributed by atoms with E-state index in [9.17, 15) is 4.79 Å². The third-order valence-electron chi connectivity index (χ3n) is 2.59. The van der Waals surface area contributed by atoms with Gasteiger partial charge in [0.2, 0.25) is 5.95 Å². The van der Waals surface area contributed by atoms with Gasteiger partial charge in [-0.05, 0) is 12.1 Å². The lowest BCUT2D eigenvalue weighted by molar-refractivity contribution is 0.747. The van der Waals surface area contributed by atoms with Gasteiger partial charge in [0.1, 0.15) is 5.82 Å². The smallest absolute Gasteiger partial charge is 0.289 e. The summed E-state index contributed by atoms with van der Waals surface area (Å²) in [6.45, 7) is 4.61. The van der Waals surface area contributed by atoms with E-state index in [1.807, 2.05) is 44.2 Å². The van der Waals surface area contributed by atoms with Crippen LogP contribution in [0.3, 0.4) is 0 Å². The molecule has 1 aromatic heterocycles. The molecule has 0 radical (unpaired) electrons. The first kappa shape index (κ1) is 13.2. The summed E-state index contributed by atoms with van der Waals surface area (Å²) in [5.41, 5.74) is 6.12. The van der Waals surface area contributed by atoms with Crippen LogP contribution in [0, 0.1) is 0 Å². The van der Waals surface area contributed by atoms with Crippen molar-refractivity contribution < 1.29 is 0 Å². The van der Waals surface area contributed by atoms with E-state index in [1.54, 1.807) is 0 Å². The van der Waals surface area contributed by atoms with Crippen LogP contribution in [0.2, 0.25) is 0 Å². The number of hydrogen-bond acceptors (Lipinski definition) is 5. The molecule has 0 unspecified atom stereocenters. The van der Waals surface area contributed by atoms with Gasteiger partial charge in [0.25, 0.3) is 0 Å². The van der Waals surface area contributed by atoms with Crippen LogP contribution in [0.25, 0.3) is 5.69 Å². The van der Waals surface area contributed by atoms with E-state index in [-0.39, 0.29) is 5.69 Å². The van der Waals surface area contributed by atoms with Crippen molar-refractivity contribution in [2.75, 3.05) is 12.0 Å². The van der Waals surface area contributed by atoms with Crippen LogP contribution in [0.4, 0.5) is 5.95 Å². The Bertz CT molecular complexity index is 594. The Labute approximate surface area is 111 Å². The van der Waals surface area contributed by atoms with Crippen molar-refractivity contribution in [2.24, 2.45) is 0 Å². The molecule has 2 N–H and O–H groups in total. The fourth-order valence-electron chi connectivity index (χ4n) is 1.75. The summed E-state index contributed by atoms with van der Waals surface area (Å²) < 4.78 is 1.52. The number of benzene rings is 1. The second kappa shape index (κ2) is 6.10. The van der Waals surface area contributed by atoms with Crippen molar-refractivity contribution in [3.8, 4) is 5.69 Å². The molecule has 2 aromatic rings. The number of rotatable bonds is 5. The van der Waals surface area contributed by atoms with Crippen LogP contribution in [0.5, 0.6) is 0 Å². The normalized spacial score (nSPS) is 10.4. The zero-order valence-electron chi connectivity index (χ0n) is 11.1. The highest BCUT2D eigenvalue weighted by Crippen LogP contribution is 2.08. The number of hydrogen-bond donors (Lipinski definition) is 2. The zero-order chi connectivity index (χ0) is 13.7. The van der Waals surface area contributed by atoms with Gasteiger partial charge in [0, 0.05) is 13.0 Å². The topological polar surface area (TPSA) is 71.8 Å². The van der Waals surface area contributed by atoms with Gasteiger partial charge < -0.3 is 0 Å². The molecule has 6 heteroatoms. The van der Waals surface area contributed by atoms with E-state index in [4.69, 9.17) is 0 Å². The molecular formula is C13H17N5O. The Morgan fingerprint density at radius 3 is 2.53 bits per heavy atom. The highest BCUT2D eigenvalue weighted by molar-refractivity contribution is 5.34. The summed E-state index contributed by atoms with van der Waals surface area (Å²) in [5.74, 6) is 0.975. The number of nitrogens with one attached hydrogen (secondary N) is 2. The molecule has 0 aliphatic carbocycles. The monoisotopic (exact) mass is 259 g/mol. The number of aryl methyl sites for hydroxylation is 1. The molecule has 0 aliphatic heterocycles. The first-order chi connectivity index (χ1) is 9.26. The van der Waals surface area contributed by atoms with Crippen LogP contribution < -0.4 is 16.5 Å². The van der Waals surface area contributed by atoms with E-state index in [1.165, 1.54) is 4.57 Å². The van der Waals surface area contributed by atoms with Gasteiger partial charge in [0.15, 0.2) is 0 Å². The number of aromatic nitrogens is 3. The van der Waals surface area contributed by atoms with E-state index in [2.05, 4.69) is 20.8 Å². The van der Waals surface area contributed by atoms with Gasteiger partial charge in [-0.15, -0.1) is 0 Å². The molecule has 1 heterocycles. The van der Waals surface area contributed by atoms with Crippen LogP contribution in [0.1, 0.15) is 19.7 Å². The van der Waals surface area contributed by atoms with E-state index >= 15 is 0 Å². The van der Waals surface area contributed by atoms with Crippen molar-refractivity contribution in [3.63, 3.8) is 0 Å². The fraction of sp³-hybridized carbons (Fsp3) is 0.308. The largest absolute Gasteiger partial charge is 0.356 e. The Balaban J connectivity index is 2.47. The summed E-state index contributed by atoms with van der Waals surface area (Å²) in [4.78, 5) is 20.4. The number of hydrazine groups is 1. The lowest BCUT2D eigenvalue weighted by Gasteiger charge is -2.12. The van der Waals surface area contributed by atoms with Crippen molar-refractivity contribution >= 4 is 5.95 Å². The third kappa shape index (κ3) is 2.97. The first-order valence-corrected chi connectivity index (χ1v) is 6.30. The molecule has 0 spiro atoms. The minimum absolute atomic E-state index is 0.302. The highest BCUT2D eigenvalue weighted by Gasteiger charge is 2.09. The van der Waals surface area contributed by atoms with Crippen LogP contribution in [-0.2, 0) is 6.42 Å². The molecule has 2 rings (SSSR count). The van der Waals surface area contributed by atoms with Crippen LogP contribution in [0.15, 0.2) is 35.1 Å². The van der Waals surface area contributed by atoms with E-state index in [0.29, 0.717) is 24.7 Å². The minimum atomic E-state index is -0.335. The SMILES string of the molecule is CCNNc1nc(CC)n(-c2ccccc2)c(=O)n1. The van der Waals surface area contributed by atoms with Crippen LogP contribution in [-0.4, -0.2) is 21.1 Å². The second-order valence-corrected chi connectivity index (χ2v) is 3.93. The minimum Gasteiger partial charge on any atom is -0.289 e. The molecule has 1 aromatic carbocycles. The summed E-state index contributed by atoms with van der Waals surface area (Å²) in [6, 6.07) is 9.39. The average molecular weight is 259 g/mol. The summed E-state index contributed by atoms with van der Waals surface area (Å²) in [7, 11) is 0. The van der Waals surface area contributed by atoms with Gasteiger partial charge in [-0.1, -0.05) is 32.0 Å². The van der Waals surface area contributed by atoms with Crippen LogP contribution >= 0.6 is 0 Å². The molecule has 0 saturated carbocycles. The summed E-state index contributed by atoms with van der Waals surface area (Å²) in [6.07, 6.45) is 0.646. The molecule has 19 heavy (non-hydrogen) atoms. The predicted molar refractivity (Wildman–Crippen MR) is 74.3 cm³/mol. The van der Waals surface area contributed by atoms with Gasteiger partial charge >= 0.3 is 5.69 Å². The quantitative estimate of drug-likeness (QED) is 0.787. The maximum absolute atomic E-state index is 12.1. The molecule has 0 aliphatic rings. The summed E-state index contributed by atoms with van der Waals surface area (Å²) in [5, 5.41) is 0. The number of para-hydroxylation sites is 1. The van der Waals surface area contributed by atoms with Crippen molar-refractivity contribution in [3.05, 3.63) is 46.6 Å². The maximum Gasteiger partial charge on any atom is 0.356 e. The number of anilines is 1. The molecule has 0 bridgehead atoms. The average Bonchev–Trinajstić information content (AvgIpc) is 2.45. The molecule has 0 atom stereocenters. The van der Waals surface area contributed by atoms with Gasteiger partial charge in [0.05, 0.1) is 5.69 Å². The lowest BCUT2D eigenvalue weighted by Crippen LogP contribution is -2.30. The molecular weight excluding hydrogens is 242 g/mol. The summed E-state index contributed by atoms with van der Waals surface area (Å²) >= 11 is 0. The Hall–Kier alpha value is -2.21. The Morgan fingerprint density at radius 1 is 1.16 bits per heavy atom. The molecule has 0 saturated heterocycles. The molecule has 0 amide bonds. The Morgan fingerprint density at radius 2 is 1.89 bits per heavy atom. The second-order valence-electron chi connectivity index (χ2n) is 3.93. The van der Waals surface area contributed by atoms with Gasteiger partial charge in [-0.25, -0.2) is 14.8 Å². The van der Waals surface area contributed by atoms with Crippen molar-refractivity contribution in [2.45, 2.75) is 20.3 Å². The zero-order valence-corrected chi connectivity index (χ0v) is 11.1. The molecule has 0 fully saturated rings. The third-order valence-corrected chi connectivity index (χ3v) is 2.59. The maximum atomic E-state index is 12.1. The first-order valence-electron chi connectivity index (χ1n) is 6.30. The number of nitrogens with zero attached hydrogens (tertiary/aromatic N) is 3.